The Kier molecular flexibility index (Phi) is 7.21. The summed E-state index contributed by atoms with van der Waals surface area (Å²) >= 11 is 0. The highest BCUT2D eigenvalue weighted by molar-refractivity contribution is 6.38. The van der Waals surface area contributed by atoms with Crippen molar-refractivity contribution in [3.05, 3.63) is 54.6 Å². The van der Waals surface area contributed by atoms with E-state index in [9.17, 15) is 14.4 Å². The Morgan fingerprint density at radius 3 is 2.61 bits per heavy atom. The zero-order chi connectivity index (χ0) is 22.2. The van der Waals surface area contributed by atoms with E-state index in [-0.39, 0.29) is 37.2 Å². The zero-order valence-electron chi connectivity index (χ0n) is 17.3. The number of likely N-dealkylation sites (N-methyl/N-ethyl adjacent to an activating group) is 1. The molecule has 1 aliphatic heterocycles. The van der Waals surface area contributed by atoms with Gasteiger partial charge in [0.25, 0.3) is 5.91 Å². The Labute approximate surface area is 180 Å². The SMILES string of the molecule is CCOC(=O)C1=NN(c2ccccc2)C(C(=O)Nc2cccc(OCC(=O)NC)c2)C1. The number of hydrogen-bond acceptors (Lipinski definition) is 7. The van der Waals surface area contributed by atoms with Gasteiger partial charge in [-0.05, 0) is 31.2 Å². The van der Waals surface area contributed by atoms with Gasteiger partial charge in [0, 0.05) is 25.2 Å². The Morgan fingerprint density at radius 1 is 1.13 bits per heavy atom. The van der Waals surface area contributed by atoms with Crippen LogP contribution in [0.15, 0.2) is 59.7 Å². The Morgan fingerprint density at radius 2 is 1.90 bits per heavy atom. The van der Waals surface area contributed by atoms with Gasteiger partial charge in [-0.2, -0.15) is 5.10 Å². The number of ether oxygens (including phenoxy) is 2. The van der Waals surface area contributed by atoms with Crippen molar-refractivity contribution in [1.29, 1.82) is 0 Å². The van der Waals surface area contributed by atoms with Crippen LogP contribution < -0.4 is 20.4 Å². The number of para-hydroxylation sites is 1. The van der Waals surface area contributed by atoms with Crippen LogP contribution in [0.25, 0.3) is 0 Å². The lowest BCUT2D eigenvalue weighted by molar-refractivity contribution is -0.135. The van der Waals surface area contributed by atoms with Gasteiger partial charge in [-0.25, -0.2) is 4.79 Å². The molecule has 31 heavy (non-hydrogen) atoms. The van der Waals surface area contributed by atoms with E-state index in [1.54, 1.807) is 31.2 Å². The number of hydrogen-bond donors (Lipinski definition) is 2. The minimum Gasteiger partial charge on any atom is -0.484 e. The summed E-state index contributed by atoms with van der Waals surface area (Å²) in [6.45, 7) is 1.81. The summed E-state index contributed by atoms with van der Waals surface area (Å²) in [5.74, 6) is -0.697. The maximum atomic E-state index is 13.1. The molecule has 1 unspecified atom stereocenters. The molecule has 0 saturated carbocycles. The molecule has 0 radical (unpaired) electrons. The molecule has 1 atom stereocenters. The number of hydrazone groups is 1. The van der Waals surface area contributed by atoms with E-state index in [1.807, 2.05) is 30.3 Å². The molecule has 2 aromatic rings. The fourth-order valence-electron chi connectivity index (χ4n) is 2.98. The minimum atomic E-state index is -0.725. The number of esters is 1. The first-order valence-electron chi connectivity index (χ1n) is 9.85. The average Bonchev–Trinajstić information content (AvgIpc) is 3.24. The van der Waals surface area contributed by atoms with Crippen LogP contribution in [-0.4, -0.2) is 49.8 Å². The molecule has 1 heterocycles. The molecule has 3 rings (SSSR count). The maximum Gasteiger partial charge on any atom is 0.354 e. The second-order valence-electron chi connectivity index (χ2n) is 6.65. The van der Waals surface area contributed by atoms with Crippen molar-refractivity contribution < 1.29 is 23.9 Å². The first kappa shape index (κ1) is 21.8. The molecule has 0 spiro atoms. The van der Waals surface area contributed by atoms with Crippen molar-refractivity contribution in [2.75, 3.05) is 30.6 Å². The molecule has 9 nitrogen and oxygen atoms in total. The van der Waals surface area contributed by atoms with Crippen molar-refractivity contribution in [3.8, 4) is 5.75 Å². The third-order valence-electron chi connectivity index (χ3n) is 4.50. The molecular formula is C22H24N4O5. The van der Waals surface area contributed by atoms with Gasteiger partial charge in [-0.1, -0.05) is 24.3 Å². The van der Waals surface area contributed by atoms with Gasteiger partial charge in [-0.3, -0.25) is 14.6 Å². The molecular weight excluding hydrogens is 400 g/mol. The van der Waals surface area contributed by atoms with Gasteiger partial charge < -0.3 is 20.1 Å². The number of nitrogens with zero attached hydrogens (tertiary/aromatic N) is 2. The first-order valence-corrected chi connectivity index (χ1v) is 9.85. The number of rotatable bonds is 8. The third kappa shape index (κ3) is 5.59. The Hall–Kier alpha value is -3.88. The van der Waals surface area contributed by atoms with Crippen LogP contribution >= 0.6 is 0 Å². The van der Waals surface area contributed by atoms with Gasteiger partial charge in [0.2, 0.25) is 5.91 Å². The van der Waals surface area contributed by atoms with Crippen LogP contribution in [0.1, 0.15) is 13.3 Å². The smallest absolute Gasteiger partial charge is 0.354 e. The second kappa shape index (κ2) is 10.2. The summed E-state index contributed by atoms with van der Waals surface area (Å²) in [6.07, 6.45) is 0.117. The molecule has 0 aromatic heterocycles. The van der Waals surface area contributed by atoms with Crippen LogP contribution in [0.3, 0.4) is 0 Å². The molecule has 2 N–H and O–H groups in total. The minimum absolute atomic E-state index is 0.117. The second-order valence-corrected chi connectivity index (χ2v) is 6.65. The number of amides is 2. The molecule has 0 saturated heterocycles. The summed E-state index contributed by atoms with van der Waals surface area (Å²) in [5, 5.41) is 11.2. The fraction of sp³-hybridized carbons (Fsp3) is 0.273. The van der Waals surface area contributed by atoms with Crippen LogP contribution in [-0.2, 0) is 19.1 Å². The summed E-state index contributed by atoms with van der Waals surface area (Å²) in [4.78, 5) is 36.6. The van der Waals surface area contributed by atoms with Gasteiger partial charge >= 0.3 is 5.97 Å². The molecule has 0 fully saturated rings. The van der Waals surface area contributed by atoms with Crippen molar-refractivity contribution in [2.24, 2.45) is 5.10 Å². The number of carbonyl (C=O) groups is 3. The molecule has 0 aliphatic carbocycles. The number of nitrogens with one attached hydrogen (secondary N) is 2. The Bertz CT molecular complexity index is 977. The van der Waals surface area contributed by atoms with E-state index in [0.717, 1.165) is 0 Å². The van der Waals surface area contributed by atoms with E-state index in [2.05, 4.69) is 15.7 Å². The van der Waals surface area contributed by atoms with Gasteiger partial charge in [-0.15, -0.1) is 0 Å². The van der Waals surface area contributed by atoms with Crippen molar-refractivity contribution in [2.45, 2.75) is 19.4 Å². The quantitative estimate of drug-likeness (QED) is 0.627. The van der Waals surface area contributed by atoms with Crippen LogP contribution in [0.2, 0.25) is 0 Å². The van der Waals surface area contributed by atoms with Crippen LogP contribution in [0.4, 0.5) is 11.4 Å². The molecule has 1 aliphatic rings. The predicted octanol–water partition coefficient (Wildman–Crippen LogP) is 1.95. The fourth-order valence-corrected chi connectivity index (χ4v) is 2.98. The highest BCUT2D eigenvalue weighted by Gasteiger charge is 2.36. The standard InChI is InChI=1S/C22H24N4O5/c1-3-30-22(29)18-13-19(26(25-18)16-9-5-4-6-10-16)21(28)24-15-8-7-11-17(12-15)31-14-20(27)23-2/h4-12,19H,3,13-14H2,1-2H3,(H,23,27)(H,24,28). The molecule has 162 valence electrons. The molecule has 2 amide bonds. The van der Waals surface area contributed by atoms with Gasteiger partial charge in [0.15, 0.2) is 6.61 Å². The summed E-state index contributed by atoms with van der Waals surface area (Å²) in [5.41, 5.74) is 1.37. The Balaban J connectivity index is 1.75. The van der Waals surface area contributed by atoms with E-state index in [4.69, 9.17) is 9.47 Å². The van der Waals surface area contributed by atoms with Gasteiger partial charge in [0.05, 0.1) is 12.3 Å². The van der Waals surface area contributed by atoms with Crippen LogP contribution in [0.5, 0.6) is 5.75 Å². The summed E-state index contributed by atoms with van der Waals surface area (Å²) < 4.78 is 10.5. The maximum absolute atomic E-state index is 13.1. The average molecular weight is 424 g/mol. The monoisotopic (exact) mass is 424 g/mol. The van der Waals surface area contributed by atoms with Crippen molar-refractivity contribution in [1.82, 2.24) is 5.32 Å². The summed E-state index contributed by atoms with van der Waals surface area (Å²) in [6, 6.07) is 15.1. The number of carbonyl (C=O) groups excluding carboxylic acids is 3. The van der Waals surface area contributed by atoms with E-state index >= 15 is 0 Å². The molecule has 0 bridgehead atoms. The van der Waals surface area contributed by atoms with E-state index < -0.39 is 12.0 Å². The van der Waals surface area contributed by atoms with Crippen molar-refractivity contribution in [3.63, 3.8) is 0 Å². The normalized spacial score (nSPS) is 15.1. The topological polar surface area (TPSA) is 109 Å². The van der Waals surface area contributed by atoms with E-state index in [1.165, 1.54) is 12.1 Å². The lowest BCUT2D eigenvalue weighted by Gasteiger charge is -2.22. The van der Waals surface area contributed by atoms with E-state index in [0.29, 0.717) is 17.1 Å². The number of benzene rings is 2. The first-order chi connectivity index (χ1) is 15.0. The molecule has 9 heteroatoms. The third-order valence-corrected chi connectivity index (χ3v) is 4.50. The van der Waals surface area contributed by atoms with Crippen molar-refractivity contribution >= 4 is 34.9 Å². The lowest BCUT2D eigenvalue weighted by atomic mass is 10.1. The predicted molar refractivity (Wildman–Crippen MR) is 116 cm³/mol. The van der Waals surface area contributed by atoms with Gasteiger partial charge in [0.1, 0.15) is 17.5 Å². The highest BCUT2D eigenvalue weighted by Crippen LogP contribution is 2.26. The zero-order valence-corrected chi connectivity index (χ0v) is 17.3. The molecule has 2 aromatic carbocycles. The largest absolute Gasteiger partial charge is 0.484 e. The summed E-state index contributed by atoms with van der Waals surface area (Å²) in [7, 11) is 1.52. The highest BCUT2D eigenvalue weighted by atomic mass is 16.5. The number of anilines is 2. The van der Waals surface area contributed by atoms with Crippen LogP contribution in [0, 0.1) is 0 Å². The lowest BCUT2D eigenvalue weighted by Crippen LogP contribution is -2.38.